The van der Waals surface area contributed by atoms with Gasteiger partial charge in [-0.2, -0.15) is 0 Å². The second-order valence-corrected chi connectivity index (χ2v) is 7.03. The standard InChI is InChI=1S/C22H24N2O3/c1-14-10-15(2)21-17(11-14)19(25)12-20(27-21)22(26)23-13-18(24(3)4)16-8-6-5-7-9-16/h5-12,18H,13H2,1-4H3,(H,23,26)/t18-/m1/s1. The summed E-state index contributed by atoms with van der Waals surface area (Å²) in [4.78, 5) is 27.1. The van der Waals surface area contributed by atoms with E-state index < -0.39 is 5.91 Å². The van der Waals surface area contributed by atoms with Crippen LogP contribution in [0.4, 0.5) is 0 Å². The fourth-order valence-corrected chi connectivity index (χ4v) is 3.27. The van der Waals surface area contributed by atoms with Crippen LogP contribution in [0.25, 0.3) is 11.0 Å². The van der Waals surface area contributed by atoms with Crippen LogP contribution in [0.1, 0.15) is 33.3 Å². The van der Waals surface area contributed by atoms with E-state index in [0.29, 0.717) is 17.5 Å². The van der Waals surface area contributed by atoms with Crippen molar-refractivity contribution in [3.63, 3.8) is 0 Å². The molecule has 0 radical (unpaired) electrons. The molecule has 0 aliphatic carbocycles. The summed E-state index contributed by atoms with van der Waals surface area (Å²) in [6.07, 6.45) is 0. The highest BCUT2D eigenvalue weighted by atomic mass is 16.3. The van der Waals surface area contributed by atoms with Gasteiger partial charge in [-0.05, 0) is 50.7 Å². The van der Waals surface area contributed by atoms with Crippen molar-refractivity contribution in [2.75, 3.05) is 20.6 Å². The van der Waals surface area contributed by atoms with Gasteiger partial charge in [0, 0.05) is 12.6 Å². The molecule has 2 aromatic carbocycles. The summed E-state index contributed by atoms with van der Waals surface area (Å²) in [5, 5.41) is 3.39. The monoisotopic (exact) mass is 364 g/mol. The van der Waals surface area contributed by atoms with Gasteiger partial charge in [0.05, 0.1) is 11.4 Å². The first-order valence-electron chi connectivity index (χ1n) is 8.91. The lowest BCUT2D eigenvalue weighted by Crippen LogP contribution is -2.34. The zero-order valence-corrected chi connectivity index (χ0v) is 16.1. The number of benzene rings is 2. The molecule has 0 saturated carbocycles. The molecule has 3 aromatic rings. The number of fused-ring (bicyclic) bond motifs is 1. The number of nitrogens with one attached hydrogen (secondary N) is 1. The predicted molar refractivity (Wildman–Crippen MR) is 107 cm³/mol. The minimum absolute atomic E-state index is 0.0201. The summed E-state index contributed by atoms with van der Waals surface area (Å²) in [5.41, 5.74) is 3.19. The molecular weight excluding hydrogens is 340 g/mol. The number of carbonyl (C=O) groups excluding carboxylic acids is 1. The van der Waals surface area contributed by atoms with Crippen LogP contribution < -0.4 is 10.7 Å². The Morgan fingerprint density at radius 3 is 2.48 bits per heavy atom. The van der Waals surface area contributed by atoms with Gasteiger partial charge in [-0.1, -0.05) is 36.4 Å². The minimum atomic E-state index is -0.392. The second kappa shape index (κ2) is 7.76. The largest absolute Gasteiger partial charge is 0.450 e. The fraction of sp³-hybridized carbons (Fsp3) is 0.273. The van der Waals surface area contributed by atoms with Gasteiger partial charge >= 0.3 is 0 Å². The van der Waals surface area contributed by atoms with E-state index in [2.05, 4.69) is 5.32 Å². The lowest BCUT2D eigenvalue weighted by molar-refractivity contribution is 0.0914. The van der Waals surface area contributed by atoms with Crippen molar-refractivity contribution in [1.82, 2.24) is 10.2 Å². The lowest BCUT2D eigenvalue weighted by atomic mass is 10.1. The van der Waals surface area contributed by atoms with Gasteiger partial charge in [0.1, 0.15) is 5.58 Å². The number of hydrogen-bond donors (Lipinski definition) is 1. The third-order valence-electron chi connectivity index (χ3n) is 4.65. The van der Waals surface area contributed by atoms with E-state index in [1.54, 1.807) is 6.07 Å². The van der Waals surface area contributed by atoms with Crippen LogP contribution in [0, 0.1) is 13.8 Å². The Morgan fingerprint density at radius 2 is 1.81 bits per heavy atom. The van der Waals surface area contributed by atoms with Crippen molar-refractivity contribution in [2.45, 2.75) is 19.9 Å². The van der Waals surface area contributed by atoms with E-state index in [1.807, 2.05) is 69.2 Å². The smallest absolute Gasteiger partial charge is 0.287 e. The SMILES string of the molecule is Cc1cc(C)c2oc(C(=O)NC[C@H](c3ccccc3)N(C)C)cc(=O)c2c1. The first kappa shape index (κ1) is 18.9. The highest BCUT2D eigenvalue weighted by molar-refractivity contribution is 5.93. The van der Waals surface area contributed by atoms with Crippen LogP contribution >= 0.6 is 0 Å². The Balaban J connectivity index is 1.85. The van der Waals surface area contributed by atoms with Crippen LogP contribution in [0.15, 0.2) is 57.7 Å². The highest BCUT2D eigenvalue weighted by Gasteiger charge is 2.18. The van der Waals surface area contributed by atoms with Crippen molar-refractivity contribution < 1.29 is 9.21 Å². The van der Waals surface area contributed by atoms with Crippen LogP contribution in [0.5, 0.6) is 0 Å². The van der Waals surface area contributed by atoms with Gasteiger partial charge in [-0.15, -0.1) is 0 Å². The molecule has 0 saturated heterocycles. The number of likely N-dealkylation sites (N-methyl/N-ethyl adjacent to an activating group) is 1. The number of nitrogens with zero attached hydrogens (tertiary/aromatic N) is 1. The number of amides is 1. The van der Waals surface area contributed by atoms with Crippen LogP contribution in [-0.2, 0) is 0 Å². The Labute approximate surface area is 158 Å². The molecule has 0 unspecified atom stereocenters. The summed E-state index contributed by atoms with van der Waals surface area (Å²) < 4.78 is 5.76. The first-order chi connectivity index (χ1) is 12.9. The molecule has 0 bridgehead atoms. The van der Waals surface area contributed by atoms with E-state index in [0.717, 1.165) is 16.7 Å². The van der Waals surface area contributed by atoms with Crippen LogP contribution in [0.2, 0.25) is 0 Å². The average Bonchev–Trinajstić information content (AvgIpc) is 2.63. The molecular formula is C22H24N2O3. The first-order valence-corrected chi connectivity index (χ1v) is 8.91. The molecule has 0 aliphatic heterocycles. The third kappa shape index (κ3) is 4.09. The van der Waals surface area contributed by atoms with E-state index in [-0.39, 0.29) is 17.2 Å². The van der Waals surface area contributed by atoms with Gasteiger partial charge < -0.3 is 14.6 Å². The van der Waals surface area contributed by atoms with Crippen molar-refractivity contribution >= 4 is 16.9 Å². The van der Waals surface area contributed by atoms with Gasteiger partial charge in [0.25, 0.3) is 5.91 Å². The van der Waals surface area contributed by atoms with Crippen LogP contribution in [-0.4, -0.2) is 31.4 Å². The maximum atomic E-state index is 12.6. The molecule has 0 aliphatic rings. The quantitative estimate of drug-likeness (QED) is 0.753. The predicted octanol–water partition coefficient (Wildman–Crippen LogP) is 3.44. The van der Waals surface area contributed by atoms with Crippen molar-refractivity contribution in [3.8, 4) is 0 Å². The van der Waals surface area contributed by atoms with Crippen molar-refractivity contribution in [3.05, 3.63) is 81.2 Å². The second-order valence-electron chi connectivity index (χ2n) is 7.03. The summed E-state index contributed by atoms with van der Waals surface area (Å²) >= 11 is 0. The minimum Gasteiger partial charge on any atom is -0.450 e. The Bertz CT molecular complexity index is 1020. The molecule has 5 nitrogen and oxygen atoms in total. The fourth-order valence-electron chi connectivity index (χ4n) is 3.27. The van der Waals surface area contributed by atoms with Gasteiger partial charge in [0.15, 0.2) is 11.2 Å². The van der Waals surface area contributed by atoms with Crippen LogP contribution in [0.3, 0.4) is 0 Å². The number of rotatable bonds is 5. The van der Waals surface area contributed by atoms with Gasteiger partial charge in [0.2, 0.25) is 0 Å². The van der Waals surface area contributed by atoms with E-state index >= 15 is 0 Å². The zero-order chi connectivity index (χ0) is 19.6. The van der Waals surface area contributed by atoms with Gasteiger partial charge in [-0.3, -0.25) is 9.59 Å². The molecule has 1 atom stereocenters. The molecule has 27 heavy (non-hydrogen) atoms. The highest BCUT2D eigenvalue weighted by Crippen LogP contribution is 2.20. The van der Waals surface area contributed by atoms with E-state index in [4.69, 9.17) is 4.42 Å². The molecule has 1 amide bonds. The molecule has 0 fully saturated rings. The van der Waals surface area contributed by atoms with E-state index in [9.17, 15) is 9.59 Å². The average molecular weight is 364 g/mol. The zero-order valence-electron chi connectivity index (χ0n) is 16.1. The topological polar surface area (TPSA) is 62.6 Å². The summed E-state index contributed by atoms with van der Waals surface area (Å²) in [7, 11) is 3.93. The molecule has 1 heterocycles. The summed E-state index contributed by atoms with van der Waals surface area (Å²) in [6, 6.07) is 15.0. The molecule has 3 rings (SSSR count). The summed E-state index contributed by atoms with van der Waals surface area (Å²) in [5.74, 6) is -0.359. The van der Waals surface area contributed by atoms with Gasteiger partial charge in [-0.25, -0.2) is 0 Å². The number of hydrogen-bond acceptors (Lipinski definition) is 4. The van der Waals surface area contributed by atoms with E-state index in [1.165, 1.54) is 6.07 Å². The normalized spacial score (nSPS) is 12.3. The van der Waals surface area contributed by atoms with Crippen molar-refractivity contribution in [1.29, 1.82) is 0 Å². The lowest BCUT2D eigenvalue weighted by Gasteiger charge is -2.25. The molecule has 1 aromatic heterocycles. The maximum Gasteiger partial charge on any atom is 0.287 e. The number of carbonyl (C=O) groups is 1. The Hall–Kier alpha value is -2.92. The summed E-state index contributed by atoms with van der Waals surface area (Å²) in [6.45, 7) is 4.21. The molecule has 0 spiro atoms. The van der Waals surface area contributed by atoms with Crippen molar-refractivity contribution in [2.24, 2.45) is 0 Å². The maximum absolute atomic E-state index is 12.6. The number of aryl methyl sites for hydroxylation is 2. The molecule has 140 valence electrons. The third-order valence-corrected chi connectivity index (χ3v) is 4.65. The molecule has 1 N–H and O–H groups in total. The Kier molecular flexibility index (Phi) is 5.42. The Morgan fingerprint density at radius 1 is 1.11 bits per heavy atom. The molecule has 5 heteroatoms.